The highest BCUT2D eigenvalue weighted by atomic mass is 16.6. The second kappa shape index (κ2) is 4.47. The van der Waals surface area contributed by atoms with Crippen LogP contribution in [0.3, 0.4) is 0 Å². The van der Waals surface area contributed by atoms with Crippen molar-refractivity contribution in [2.45, 2.75) is 32.8 Å². The standard InChI is InChI=1S/C11H14O5/c1-4-11(3)7(6-12)8(10(14)16-11)9(13)15-5-2/h6H,4-5H2,1-3H3. The molecule has 0 aromatic rings. The number of hydrogen-bond acceptors (Lipinski definition) is 5. The van der Waals surface area contributed by atoms with Gasteiger partial charge in [-0.25, -0.2) is 9.59 Å². The first-order valence-corrected chi connectivity index (χ1v) is 5.10. The van der Waals surface area contributed by atoms with Gasteiger partial charge in [0.1, 0.15) is 5.60 Å². The molecule has 1 rings (SSSR count). The molecule has 0 aromatic heterocycles. The summed E-state index contributed by atoms with van der Waals surface area (Å²) in [6.07, 6.45) is 0.913. The Hall–Kier alpha value is -1.65. The number of esters is 2. The van der Waals surface area contributed by atoms with Crippen molar-refractivity contribution >= 4 is 18.2 Å². The zero-order valence-electron chi connectivity index (χ0n) is 9.53. The second-order valence-corrected chi connectivity index (χ2v) is 3.60. The molecule has 0 radical (unpaired) electrons. The third kappa shape index (κ3) is 1.85. The van der Waals surface area contributed by atoms with Crippen molar-refractivity contribution in [3.8, 4) is 0 Å². The minimum atomic E-state index is -1.01. The fraction of sp³-hybridized carbons (Fsp3) is 0.545. The molecular weight excluding hydrogens is 212 g/mol. The predicted octanol–water partition coefficient (Wildman–Crippen LogP) is 0.770. The molecule has 1 atom stereocenters. The predicted molar refractivity (Wildman–Crippen MR) is 54.5 cm³/mol. The monoisotopic (exact) mass is 226 g/mol. The van der Waals surface area contributed by atoms with Gasteiger partial charge >= 0.3 is 11.9 Å². The molecule has 88 valence electrons. The SMILES string of the molecule is CCOC(=O)C1=C(C=O)C(C)(CC)OC1=O. The van der Waals surface area contributed by atoms with Gasteiger partial charge in [0.25, 0.3) is 0 Å². The van der Waals surface area contributed by atoms with Crippen LogP contribution in [0.1, 0.15) is 27.2 Å². The molecule has 1 heterocycles. The van der Waals surface area contributed by atoms with Crippen molar-refractivity contribution in [2.75, 3.05) is 6.61 Å². The zero-order chi connectivity index (χ0) is 12.3. The zero-order valence-corrected chi connectivity index (χ0v) is 9.53. The van der Waals surface area contributed by atoms with E-state index < -0.39 is 17.5 Å². The highest BCUT2D eigenvalue weighted by Crippen LogP contribution is 2.34. The van der Waals surface area contributed by atoms with Crippen LogP contribution in [-0.4, -0.2) is 30.4 Å². The molecule has 5 heteroatoms. The number of aldehydes is 1. The summed E-state index contributed by atoms with van der Waals surface area (Å²) in [5, 5.41) is 0. The van der Waals surface area contributed by atoms with E-state index in [1.165, 1.54) is 0 Å². The average molecular weight is 226 g/mol. The molecule has 0 spiro atoms. The lowest BCUT2D eigenvalue weighted by atomic mass is 9.92. The van der Waals surface area contributed by atoms with Gasteiger partial charge in [-0.2, -0.15) is 0 Å². The van der Waals surface area contributed by atoms with E-state index in [2.05, 4.69) is 0 Å². The number of rotatable bonds is 4. The van der Waals surface area contributed by atoms with E-state index in [-0.39, 0.29) is 17.8 Å². The minimum Gasteiger partial charge on any atom is -0.462 e. The Bertz CT molecular complexity index is 369. The summed E-state index contributed by atoms with van der Waals surface area (Å²) >= 11 is 0. The lowest BCUT2D eigenvalue weighted by molar-refractivity contribution is -0.149. The number of carbonyl (C=O) groups excluding carboxylic acids is 3. The van der Waals surface area contributed by atoms with E-state index in [9.17, 15) is 14.4 Å². The molecule has 0 saturated heterocycles. The largest absolute Gasteiger partial charge is 0.462 e. The average Bonchev–Trinajstić information content (AvgIpc) is 2.50. The van der Waals surface area contributed by atoms with E-state index in [1.54, 1.807) is 20.8 Å². The van der Waals surface area contributed by atoms with Crippen molar-refractivity contribution in [1.82, 2.24) is 0 Å². The van der Waals surface area contributed by atoms with Crippen LogP contribution < -0.4 is 0 Å². The van der Waals surface area contributed by atoms with Gasteiger partial charge in [-0.3, -0.25) is 4.79 Å². The summed E-state index contributed by atoms with van der Waals surface area (Å²) in [7, 11) is 0. The van der Waals surface area contributed by atoms with Gasteiger partial charge in [-0.1, -0.05) is 6.92 Å². The van der Waals surface area contributed by atoms with Crippen LogP contribution in [0.15, 0.2) is 11.1 Å². The number of cyclic esters (lactones) is 1. The molecule has 0 N–H and O–H groups in total. The summed E-state index contributed by atoms with van der Waals surface area (Å²) in [5.74, 6) is -1.59. The maximum atomic E-state index is 11.5. The summed E-state index contributed by atoms with van der Waals surface area (Å²) in [5.41, 5.74) is -1.22. The molecule has 0 bridgehead atoms. The highest BCUT2D eigenvalue weighted by Gasteiger charge is 2.45. The van der Waals surface area contributed by atoms with Gasteiger partial charge < -0.3 is 9.47 Å². The van der Waals surface area contributed by atoms with Gasteiger partial charge in [0.15, 0.2) is 11.9 Å². The van der Waals surface area contributed by atoms with Crippen LogP contribution in [0.4, 0.5) is 0 Å². The molecule has 0 aliphatic carbocycles. The first-order chi connectivity index (χ1) is 7.50. The summed E-state index contributed by atoms with van der Waals surface area (Å²) < 4.78 is 9.75. The summed E-state index contributed by atoms with van der Waals surface area (Å²) in [6.45, 7) is 5.13. The van der Waals surface area contributed by atoms with E-state index in [4.69, 9.17) is 9.47 Å². The molecule has 1 aliphatic rings. The van der Waals surface area contributed by atoms with Gasteiger partial charge in [0.2, 0.25) is 0 Å². The molecule has 0 aromatic carbocycles. The molecule has 1 unspecified atom stereocenters. The Kier molecular flexibility index (Phi) is 3.47. The Labute approximate surface area is 93.4 Å². The van der Waals surface area contributed by atoms with Crippen molar-refractivity contribution in [2.24, 2.45) is 0 Å². The van der Waals surface area contributed by atoms with Crippen LogP contribution in [0.25, 0.3) is 0 Å². The molecule has 1 aliphatic heterocycles. The fourth-order valence-corrected chi connectivity index (χ4v) is 1.53. The van der Waals surface area contributed by atoms with Crippen molar-refractivity contribution in [1.29, 1.82) is 0 Å². The summed E-state index contributed by atoms with van der Waals surface area (Å²) in [6, 6.07) is 0. The van der Waals surface area contributed by atoms with Crippen molar-refractivity contribution in [3.63, 3.8) is 0 Å². The first-order valence-electron chi connectivity index (χ1n) is 5.10. The third-order valence-electron chi connectivity index (χ3n) is 2.63. The van der Waals surface area contributed by atoms with Crippen molar-refractivity contribution < 1.29 is 23.9 Å². The molecule has 16 heavy (non-hydrogen) atoms. The number of hydrogen-bond donors (Lipinski definition) is 0. The second-order valence-electron chi connectivity index (χ2n) is 3.60. The van der Waals surface area contributed by atoms with Crippen LogP contribution >= 0.6 is 0 Å². The van der Waals surface area contributed by atoms with Gasteiger partial charge in [0, 0.05) is 0 Å². The molecule has 0 fully saturated rings. The Balaban J connectivity index is 3.20. The molecular formula is C11H14O5. The number of ether oxygens (including phenoxy) is 2. The van der Waals surface area contributed by atoms with E-state index >= 15 is 0 Å². The van der Waals surface area contributed by atoms with Crippen LogP contribution in [0.5, 0.6) is 0 Å². The smallest absolute Gasteiger partial charge is 0.347 e. The molecule has 0 amide bonds. The summed E-state index contributed by atoms with van der Waals surface area (Å²) in [4.78, 5) is 33.9. The molecule has 5 nitrogen and oxygen atoms in total. The minimum absolute atomic E-state index is 0.0680. The Morgan fingerprint density at radius 3 is 2.56 bits per heavy atom. The van der Waals surface area contributed by atoms with Gasteiger partial charge in [-0.15, -0.1) is 0 Å². The first kappa shape index (κ1) is 12.4. The normalized spacial score (nSPS) is 24.3. The maximum Gasteiger partial charge on any atom is 0.347 e. The quantitative estimate of drug-likeness (QED) is 0.402. The molecule has 0 saturated carbocycles. The van der Waals surface area contributed by atoms with Crippen LogP contribution in [-0.2, 0) is 23.9 Å². The third-order valence-corrected chi connectivity index (χ3v) is 2.63. The van der Waals surface area contributed by atoms with E-state index in [0.717, 1.165) is 0 Å². The topological polar surface area (TPSA) is 69.7 Å². The Morgan fingerprint density at radius 2 is 2.12 bits per heavy atom. The van der Waals surface area contributed by atoms with Crippen molar-refractivity contribution in [3.05, 3.63) is 11.1 Å². The Morgan fingerprint density at radius 1 is 1.50 bits per heavy atom. The van der Waals surface area contributed by atoms with Gasteiger partial charge in [-0.05, 0) is 20.3 Å². The van der Waals surface area contributed by atoms with Crippen LogP contribution in [0.2, 0.25) is 0 Å². The van der Waals surface area contributed by atoms with Crippen LogP contribution in [0, 0.1) is 0 Å². The highest BCUT2D eigenvalue weighted by molar-refractivity contribution is 6.20. The van der Waals surface area contributed by atoms with E-state index in [1.807, 2.05) is 0 Å². The maximum absolute atomic E-state index is 11.5. The van der Waals surface area contributed by atoms with E-state index in [0.29, 0.717) is 12.7 Å². The lowest BCUT2D eigenvalue weighted by Crippen LogP contribution is -2.27. The number of carbonyl (C=O) groups is 3. The lowest BCUT2D eigenvalue weighted by Gasteiger charge is -2.21. The fourth-order valence-electron chi connectivity index (χ4n) is 1.53. The van der Waals surface area contributed by atoms with Gasteiger partial charge in [0.05, 0.1) is 12.2 Å².